The quantitative estimate of drug-likeness (QED) is 0.371. The first-order chi connectivity index (χ1) is 13.6. The Morgan fingerprint density at radius 2 is 2.07 bits per heavy atom. The molecule has 1 aromatic heterocycles. The number of dihydropyridines is 1. The average molecular weight is 447 g/mol. The number of aliphatic hydroxyl groups is 1. The number of nitrogens with zero attached hydrogens (tertiary/aromatic N) is 3. The number of rotatable bonds is 11. The van der Waals surface area contributed by atoms with Gasteiger partial charge < -0.3 is 24.3 Å². The van der Waals surface area contributed by atoms with E-state index in [0.717, 1.165) is 19.2 Å². The summed E-state index contributed by atoms with van der Waals surface area (Å²) in [5.41, 5.74) is 0.804. The Morgan fingerprint density at radius 1 is 1.31 bits per heavy atom. The monoisotopic (exact) mass is 447 g/mol. The molecule has 12 heteroatoms. The third-order valence-corrected chi connectivity index (χ3v) is 8.98. The second kappa shape index (κ2) is 10.2. The van der Waals surface area contributed by atoms with Gasteiger partial charge in [-0.05, 0) is 37.6 Å². The van der Waals surface area contributed by atoms with Crippen LogP contribution in [0.1, 0.15) is 25.0 Å². The van der Waals surface area contributed by atoms with E-state index in [-0.39, 0.29) is 12.5 Å². The first kappa shape index (κ1) is 24.1. The van der Waals surface area contributed by atoms with E-state index in [0.29, 0.717) is 19.6 Å². The van der Waals surface area contributed by atoms with E-state index in [4.69, 9.17) is 0 Å². The van der Waals surface area contributed by atoms with E-state index in [2.05, 4.69) is 14.5 Å². The molecule has 1 aliphatic heterocycles. The summed E-state index contributed by atoms with van der Waals surface area (Å²) in [6.45, 7) is 1.33. The van der Waals surface area contributed by atoms with Crippen molar-refractivity contribution in [3.8, 4) is 0 Å². The van der Waals surface area contributed by atoms with Crippen LogP contribution in [-0.4, -0.2) is 67.2 Å². The fourth-order valence-corrected chi connectivity index (χ4v) is 5.79. The molecule has 0 radical (unpaired) electrons. The van der Waals surface area contributed by atoms with Gasteiger partial charge >= 0.3 is 15.2 Å². The van der Waals surface area contributed by atoms with Gasteiger partial charge in [0.25, 0.3) is 5.08 Å². The van der Waals surface area contributed by atoms with Crippen molar-refractivity contribution in [3.63, 3.8) is 0 Å². The summed E-state index contributed by atoms with van der Waals surface area (Å²) in [6, 6.07) is 5.53. The molecular weight excluding hydrogens is 420 g/mol. The summed E-state index contributed by atoms with van der Waals surface area (Å²) in [5, 5.41) is 7.18. The molecular formula is C17H27N3O7P2. The molecule has 0 aliphatic carbocycles. The third kappa shape index (κ3) is 6.38. The molecule has 0 amide bonds. The maximum absolute atomic E-state index is 12.1. The van der Waals surface area contributed by atoms with Crippen molar-refractivity contribution in [2.24, 2.45) is 4.99 Å². The van der Waals surface area contributed by atoms with Gasteiger partial charge in [0.15, 0.2) is 0 Å². The SMILES string of the molecule is COP(=O)(O)C(O)(CCCN(Cc1ccccn1)CC1CC=CC=N1)P(=O)(O)O. The van der Waals surface area contributed by atoms with Gasteiger partial charge in [-0.3, -0.25) is 24.0 Å². The zero-order valence-corrected chi connectivity index (χ0v) is 17.9. The highest BCUT2D eigenvalue weighted by atomic mass is 31.2. The molecule has 29 heavy (non-hydrogen) atoms. The molecule has 10 nitrogen and oxygen atoms in total. The van der Waals surface area contributed by atoms with Crippen molar-refractivity contribution in [1.82, 2.24) is 9.88 Å². The Bertz CT molecular complexity index is 815. The number of allylic oxidation sites excluding steroid dienone is 1. The number of aromatic nitrogens is 1. The van der Waals surface area contributed by atoms with Crippen LogP contribution in [0.3, 0.4) is 0 Å². The molecule has 0 saturated heterocycles. The highest BCUT2D eigenvalue weighted by Crippen LogP contribution is 2.71. The molecule has 2 rings (SSSR count). The fraction of sp³-hybridized carbons (Fsp3) is 0.529. The number of aliphatic imine (C=N–C) groups is 1. The minimum atomic E-state index is -5.33. The molecule has 3 atom stereocenters. The Morgan fingerprint density at radius 3 is 2.62 bits per heavy atom. The van der Waals surface area contributed by atoms with Crippen molar-refractivity contribution in [3.05, 3.63) is 42.2 Å². The van der Waals surface area contributed by atoms with E-state index in [1.54, 1.807) is 18.5 Å². The smallest absolute Gasteiger partial charge is 0.368 e. The Kier molecular flexibility index (Phi) is 8.46. The van der Waals surface area contributed by atoms with Gasteiger partial charge in [-0.25, -0.2) is 0 Å². The Balaban J connectivity index is 2.09. The maximum Gasteiger partial charge on any atom is 0.371 e. The van der Waals surface area contributed by atoms with Crippen LogP contribution >= 0.6 is 15.2 Å². The van der Waals surface area contributed by atoms with Crippen LogP contribution in [0.4, 0.5) is 0 Å². The molecule has 4 N–H and O–H groups in total. The van der Waals surface area contributed by atoms with Gasteiger partial charge in [-0.1, -0.05) is 12.1 Å². The average Bonchev–Trinajstić information content (AvgIpc) is 2.68. The fourth-order valence-electron chi connectivity index (χ4n) is 3.04. The normalized spacial score (nSPS) is 21.1. The van der Waals surface area contributed by atoms with Crippen LogP contribution < -0.4 is 0 Å². The van der Waals surface area contributed by atoms with Crippen LogP contribution in [-0.2, 0) is 20.2 Å². The van der Waals surface area contributed by atoms with Crippen LogP contribution in [0.15, 0.2) is 41.5 Å². The predicted octanol–water partition coefficient (Wildman–Crippen LogP) is 1.72. The third-order valence-electron chi connectivity index (χ3n) is 4.66. The lowest BCUT2D eigenvalue weighted by molar-refractivity contribution is 0.109. The van der Waals surface area contributed by atoms with E-state index in [1.165, 1.54) is 0 Å². The van der Waals surface area contributed by atoms with Crippen LogP contribution in [0, 0.1) is 0 Å². The van der Waals surface area contributed by atoms with Crippen molar-refractivity contribution in [2.45, 2.75) is 36.9 Å². The van der Waals surface area contributed by atoms with Crippen molar-refractivity contribution in [1.29, 1.82) is 0 Å². The highest BCUT2D eigenvalue weighted by molar-refractivity contribution is 7.72. The van der Waals surface area contributed by atoms with E-state index < -0.39 is 26.7 Å². The summed E-state index contributed by atoms with van der Waals surface area (Å²) >= 11 is 0. The van der Waals surface area contributed by atoms with Gasteiger partial charge in [-0.15, -0.1) is 0 Å². The molecule has 0 bridgehead atoms. The van der Waals surface area contributed by atoms with Gasteiger partial charge in [0, 0.05) is 39.0 Å². The maximum atomic E-state index is 12.1. The lowest BCUT2D eigenvalue weighted by Gasteiger charge is -2.32. The van der Waals surface area contributed by atoms with E-state index in [1.807, 2.05) is 29.2 Å². The largest absolute Gasteiger partial charge is 0.371 e. The van der Waals surface area contributed by atoms with E-state index in [9.17, 15) is 28.9 Å². The van der Waals surface area contributed by atoms with Gasteiger partial charge in [-0.2, -0.15) is 0 Å². The lowest BCUT2D eigenvalue weighted by atomic mass is 10.1. The lowest BCUT2D eigenvalue weighted by Crippen LogP contribution is -2.35. The summed E-state index contributed by atoms with van der Waals surface area (Å²) in [6.07, 6.45) is 7.46. The molecule has 0 fully saturated rings. The van der Waals surface area contributed by atoms with Crippen LogP contribution in [0.2, 0.25) is 0 Å². The molecule has 1 aliphatic rings. The minimum Gasteiger partial charge on any atom is -0.368 e. The summed E-state index contributed by atoms with van der Waals surface area (Å²) in [4.78, 5) is 39.4. The van der Waals surface area contributed by atoms with Crippen molar-refractivity contribution < 1.29 is 33.4 Å². The number of pyridine rings is 1. The first-order valence-electron chi connectivity index (χ1n) is 9.06. The molecule has 0 spiro atoms. The number of hydrogen-bond acceptors (Lipinski definition) is 7. The van der Waals surface area contributed by atoms with E-state index >= 15 is 0 Å². The zero-order valence-electron chi connectivity index (χ0n) is 16.1. The molecule has 3 unspecified atom stereocenters. The summed E-state index contributed by atoms with van der Waals surface area (Å²) in [7, 11) is -9.46. The standard InChI is InChI=1S/C17H27N3O7P2/c1-27-29(25,26)17(21,28(22,23)24)9-6-12-20(13-15-7-2-4-10-18-15)14-16-8-3-5-11-19-16/h2-5,7,10-11,16,21H,6,8-9,12-14H2,1H3,(H,25,26)(H2,22,23,24). The highest BCUT2D eigenvalue weighted by Gasteiger charge is 2.59. The van der Waals surface area contributed by atoms with Crippen molar-refractivity contribution >= 4 is 21.4 Å². The molecule has 0 aromatic carbocycles. The minimum absolute atomic E-state index is 0.0206. The summed E-state index contributed by atoms with van der Waals surface area (Å²) < 4.78 is 28.1. The first-order valence-corrected chi connectivity index (χ1v) is 12.3. The molecule has 2 heterocycles. The summed E-state index contributed by atoms with van der Waals surface area (Å²) in [5.74, 6) is 0. The van der Waals surface area contributed by atoms with Crippen LogP contribution in [0.25, 0.3) is 0 Å². The number of hydrogen-bond donors (Lipinski definition) is 4. The van der Waals surface area contributed by atoms with Gasteiger partial charge in [0.1, 0.15) is 0 Å². The zero-order chi connectivity index (χ0) is 21.5. The van der Waals surface area contributed by atoms with Crippen LogP contribution in [0.5, 0.6) is 0 Å². The van der Waals surface area contributed by atoms with Gasteiger partial charge in [0.05, 0.1) is 11.7 Å². The second-order valence-corrected chi connectivity index (χ2v) is 11.1. The molecule has 162 valence electrons. The predicted molar refractivity (Wildman–Crippen MR) is 109 cm³/mol. The Hall–Kier alpha value is -1.22. The molecule has 0 saturated carbocycles. The van der Waals surface area contributed by atoms with Crippen molar-refractivity contribution in [2.75, 3.05) is 20.2 Å². The molecule has 1 aromatic rings. The van der Waals surface area contributed by atoms with Gasteiger partial charge in [0.2, 0.25) is 0 Å². The topological polar surface area (TPSA) is 153 Å². The Labute approximate surface area is 169 Å². The second-order valence-electron chi connectivity index (χ2n) is 6.80.